The van der Waals surface area contributed by atoms with E-state index in [-0.39, 0.29) is 23.2 Å². The summed E-state index contributed by atoms with van der Waals surface area (Å²) in [6, 6.07) is 11.2. The maximum atomic E-state index is 13.4. The molecule has 0 unspecified atom stereocenters. The molecule has 3 amide bonds. The standard InChI is InChI=1S/C29H29N5O4/c1-17(28(37)32(4)15-20-8-9-20)31-27(36)18(2)34-16-30-26-23(6-5-7-24(26)29(34)38)21-10-11-25-22(14-21)12-13-33(25)19(3)35/h5-7,10-11,14,16,20H,1-2,8-9,12-13,15H2,3-4H3,(H,31,36). The summed E-state index contributed by atoms with van der Waals surface area (Å²) in [6.07, 6.45) is 4.22. The predicted octanol–water partition coefficient (Wildman–Crippen LogP) is 2.94. The number of nitrogens with zero attached hydrogens (tertiary/aromatic N) is 4. The Morgan fingerprint density at radius 1 is 1.16 bits per heavy atom. The van der Waals surface area contributed by atoms with E-state index in [1.165, 1.54) is 11.2 Å². The number of carbonyl (C=O) groups is 3. The average molecular weight is 512 g/mol. The van der Waals surface area contributed by atoms with Crippen LogP contribution in [-0.2, 0) is 20.8 Å². The van der Waals surface area contributed by atoms with Crippen LogP contribution < -0.4 is 15.8 Å². The first-order valence-corrected chi connectivity index (χ1v) is 12.5. The van der Waals surface area contributed by atoms with Gasteiger partial charge in [-0.15, -0.1) is 0 Å². The second-order valence-corrected chi connectivity index (χ2v) is 9.89. The van der Waals surface area contributed by atoms with Crippen LogP contribution in [0.25, 0.3) is 27.7 Å². The van der Waals surface area contributed by atoms with Gasteiger partial charge >= 0.3 is 0 Å². The molecule has 2 heterocycles. The molecule has 0 spiro atoms. The lowest BCUT2D eigenvalue weighted by molar-refractivity contribution is -0.128. The van der Waals surface area contributed by atoms with Crippen LogP contribution in [0.4, 0.5) is 5.69 Å². The molecular formula is C29H29N5O4. The molecule has 0 bridgehead atoms. The van der Waals surface area contributed by atoms with Gasteiger partial charge in [0.25, 0.3) is 17.4 Å². The van der Waals surface area contributed by atoms with Crippen LogP contribution in [0.15, 0.2) is 66.4 Å². The SMILES string of the molecule is C=C(NC(=O)C(=C)n1cnc2c(-c3ccc4c(c3)CCN4C(C)=O)cccc2c1=O)C(=O)N(C)CC1CC1. The number of anilines is 1. The number of benzene rings is 2. The molecule has 1 aromatic heterocycles. The van der Waals surface area contributed by atoms with E-state index in [2.05, 4.69) is 23.5 Å². The number of rotatable bonds is 7. The molecule has 0 atom stereocenters. The zero-order valence-electron chi connectivity index (χ0n) is 21.5. The van der Waals surface area contributed by atoms with Crippen LogP contribution in [0, 0.1) is 5.92 Å². The Hall–Kier alpha value is -4.53. The predicted molar refractivity (Wildman–Crippen MR) is 146 cm³/mol. The molecule has 2 aromatic carbocycles. The molecule has 1 aliphatic heterocycles. The number of likely N-dealkylation sites (N-methyl/N-ethyl adjacent to an activating group) is 1. The highest BCUT2D eigenvalue weighted by atomic mass is 16.2. The fourth-order valence-electron chi connectivity index (χ4n) is 4.85. The van der Waals surface area contributed by atoms with Crippen LogP contribution in [0.3, 0.4) is 0 Å². The largest absolute Gasteiger partial charge is 0.340 e. The van der Waals surface area contributed by atoms with Gasteiger partial charge in [-0.25, -0.2) is 4.98 Å². The minimum atomic E-state index is -0.712. The van der Waals surface area contributed by atoms with E-state index in [9.17, 15) is 19.2 Å². The fourth-order valence-corrected chi connectivity index (χ4v) is 4.85. The number of para-hydroxylation sites is 1. The summed E-state index contributed by atoms with van der Waals surface area (Å²) < 4.78 is 1.07. The second kappa shape index (κ2) is 9.74. The van der Waals surface area contributed by atoms with Crippen molar-refractivity contribution in [3.05, 3.63) is 77.5 Å². The van der Waals surface area contributed by atoms with Gasteiger partial charge in [-0.3, -0.25) is 23.7 Å². The number of carbonyl (C=O) groups excluding carboxylic acids is 3. The first kappa shape index (κ1) is 25.1. The van der Waals surface area contributed by atoms with Crippen molar-refractivity contribution in [2.75, 3.05) is 25.0 Å². The summed E-state index contributed by atoms with van der Waals surface area (Å²) >= 11 is 0. The molecule has 9 heteroatoms. The van der Waals surface area contributed by atoms with Gasteiger partial charge in [-0.1, -0.05) is 31.4 Å². The highest BCUT2D eigenvalue weighted by molar-refractivity contribution is 6.15. The van der Waals surface area contributed by atoms with Gasteiger partial charge < -0.3 is 15.1 Å². The quantitative estimate of drug-likeness (QED) is 0.491. The third-order valence-electron chi connectivity index (χ3n) is 7.10. The summed E-state index contributed by atoms with van der Waals surface area (Å²) in [4.78, 5) is 58.4. The van der Waals surface area contributed by atoms with Gasteiger partial charge in [0.15, 0.2) is 0 Å². The van der Waals surface area contributed by atoms with Gasteiger partial charge in [-0.05, 0) is 54.5 Å². The third-order valence-corrected chi connectivity index (χ3v) is 7.10. The van der Waals surface area contributed by atoms with Gasteiger partial charge in [0.2, 0.25) is 5.91 Å². The molecule has 5 rings (SSSR count). The molecule has 1 N–H and O–H groups in total. The van der Waals surface area contributed by atoms with Crippen LogP contribution in [-0.4, -0.2) is 52.3 Å². The van der Waals surface area contributed by atoms with E-state index >= 15 is 0 Å². The second-order valence-electron chi connectivity index (χ2n) is 9.89. The molecule has 38 heavy (non-hydrogen) atoms. The van der Waals surface area contributed by atoms with Crippen molar-refractivity contribution in [1.29, 1.82) is 0 Å². The lowest BCUT2D eigenvalue weighted by Crippen LogP contribution is -2.38. The van der Waals surface area contributed by atoms with Gasteiger partial charge in [-0.2, -0.15) is 0 Å². The smallest absolute Gasteiger partial charge is 0.272 e. The van der Waals surface area contributed by atoms with Crippen molar-refractivity contribution in [3.8, 4) is 11.1 Å². The molecule has 0 radical (unpaired) electrons. The van der Waals surface area contributed by atoms with Crippen molar-refractivity contribution in [2.24, 2.45) is 5.92 Å². The Balaban J connectivity index is 1.39. The number of amides is 3. The Kier molecular flexibility index (Phi) is 6.44. The maximum absolute atomic E-state index is 13.4. The number of fused-ring (bicyclic) bond motifs is 2. The summed E-state index contributed by atoms with van der Waals surface area (Å²) in [6.45, 7) is 10.3. The van der Waals surface area contributed by atoms with Crippen molar-refractivity contribution >= 4 is 40.0 Å². The Morgan fingerprint density at radius 3 is 2.63 bits per heavy atom. The summed E-state index contributed by atoms with van der Waals surface area (Å²) in [5.74, 6) is -0.586. The first-order valence-electron chi connectivity index (χ1n) is 12.5. The fraction of sp³-hybridized carbons (Fsp3) is 0.276. The zero-order valence-corrected chi connectivity index (χ0v) is 21.5. The van der Waals surface area contributed by atoms with Crippen molar-refractivity contribution < 1.29 is 14.4 Å². The number of nitrogens with one attached hydrogen (secondary N) is 1. The van der Waals surface area contributed by atoms with Crippen molar-refractivity contribution in [2.45, 2.75) is 26.2 Å². The Morgan fingerprint density at radius 2 is 1.92 bits per heavy atom. The molecule has 9 nitrogen and oxygen atoms in total. The molecule has 1 aliphatic carbocycles. The van der Waals surface area contributed by atoms with Crippen LogP contribution in [0.5, 0.6) is 0 Å². The highest BCUT2D eigenvalue weighted by Gasteiger charge is 2.27. The van der Waals surface area contributed by atoms with Crippen LogP contribution in [0.1, 0.15) is 25.3 Å². The molecule has 194 valence electrons. The molecule has 0 saturated heterocycles. The summed E-state index contributed by atoms with van der Waals surface area (Å²) in [7, 11) is 1.67. The van der Waals surface area contributed by atoms with E-state index in [1.54, 1.807) is 31.0 Å². The van der Waals surface area contributed by atoms with Crippen molar-refractivity contribution in [3.63, 3.8) is 0 Å². The topological polar surface area (TPSA) is 105 Å². The normalized spacial score (nSPS) is 14.2. The van der Waals surface area contributed by atoms with E-state index in [0.717, 1.165) is 46.2 Å². The monoisotopic (exact) mass is 511 g/mol. The third kappa shape index (κ3) is 4.63. The highest BCUT2D eigenvalue weighted by Crippen LogP contribution is 2.34. The summed E-state index contributed by atoms with van der Waals surface area (Å²) in [5, 5.41) is 2.78. The van der Waals surface area contributed by atoms with E-state index in [1.807, 2.05) is 24.3 Å². The molecule has 2 aliphatic rings. The number of hydrogen-bond donors (Lipinski definition) is 1. The lowest BCUT2D eigenvalue weighted by Gasteiger charge is -2.19. The maximum Gasteiger partial charge on any atom is 0.272 e. The van der Waals surface area contributed by atoms with Crippen LogP contribution >= 0.6 is 0 Å². The van der Waals surface area contributed by atoms with Gasteiger partial charge in [0, 0.05) is 38.3 Å². The van der Waals surface area contributed by atoms with Gasteiger partial charge in [0.05, 0.1) is 16.6 Å². The minimum Gasteiger partial charge on any atom is -0.340 e. The van der Waals surface area contributed by atoms with E-state index in [0.29, 0.717) is 29.9 Å². The minimum absolute atomic E-state index is 0.00589. The Bertz CT molecular complexity index is 1580. The van der Waals surface area contributed by atoms with Crippen molar-refractivity contribution in [1.82, 2.24) is 19.8 Å². The van der Waals surface area contributed by atoms with E-state index < -0.39 is 11.5 Å². The molecule has 3 aromatic rings. The van der Waals surface area contributed by atoms with Gasteiger partial charge in [0.1, 0.15) is 12.0 Å². The summed E-state index contributed by atoms with van der Waals surface area (Å²) in [5.41, 5.74) is 3.39. The first-order chi connectivity index (χ1) is 18.2. The molecule has 1 fully saturated rings. The molecular weight excluding hydrogens is 482 g/mol. The average Bonchev–Trinajstić information content (AvgIpc) is 3.61. The lowest BCUT2D eigenvalue weighted by atomic mass is 9.99. The number of hydrogen-bond acceptors (Lipinski definition) is 5. The zero-order chi connectivity index (χ0) is 27.1. The van der Waals surface area contributed by atoms with Crippen LogP contribution in [0.2, 0.25) is 0 Å². The number of aromatic nitrogens is 2. The molecule has 1 saturated carbocycles. The Labute approximate surface area is 220 Å². The van der Waals surface area contributed by atoms with E-state index in [4.69, 9.17) is 0 Å².